The maximum absolute atomic E-state index is 12.9. The molecule has 0 bridgehead atoms. The van der Waals surface area contributed by atoms with Gasteiger partial charge in [-0.05, 0) is 60.7 Å². The lowest BCUT2D eigenvalue weighted by Gasteiger charge is -2.37. The fourth-order valence-corrected chi connectivity index (χ4v) is 3.94. The second kappa shape index (κ2) is 9.03. The van der Waals surface area contributed by atoms with E-state index in [9.17, 15) is 9.59 Å². The van der Waals surface area contributed by atoms with Gasteiger partial charge < -0.3 is 10.2 Å². The molecule has 1 N–H and O–H groups in total. The van der Waals surface area contributed by atoms with Gasteiger partial charge in [0.25, 0.3) is 5.91 Å². The first kappa shape index (κ1) is 21.4. The zero-order valence-electron chi connectivity index (χ0n) is 17.3. The second-order valence-electron chi connectivity index (χ2n) is 7.75. The Hall–Kier alpha value is -2.28. The minimum absolute atomic E-state index is 0.0655. The molecule has 2 aromatic heterocycles. The van der Waals surface area contributed by atoms with Gasteiger partial charge in [-0.25, -0.2) is 4.98 Å². The van der Waals surface area contributed by atoms with Gasteiger partial charge in [-0.2, -0.15) is 0 Å². The normalized spacial score (nSPS) is 20.4. The van der Waals surface area contributed by atoms with Crippen LogP contribution in [0.2, 0.25) is 0 Å². The van der Waals surface area contributed by atoms with Gasteiger partial charge in [0.2, 0.25) is 5.91 Å². The van der Waals surface area contributed by atoms with E-state index in [1.807, 2.05) is 24.8 Å². The van der Waals surface area contributed by atoms with Gasteiger partial charge in [0, 0.05) is 42.5 Å². The van der Waals surface area contributed by atoms with Gasteiger partial charge >= 0.3 is 0 Å². The summed E-state index contributed by atoms with van der Waals surface area (Å²) < 4.78 is 0.751. The molecule has 0 saturated carbocycles. The van der Waals surface area contributed by atoms with Crippen molar-refractivity contribution in [3.05, 3.63) is 45.8 Å². The molecule has 154 valence electrons. The minimum atomic E-state index is -0.223. The van der Waals surface area contributed by atoms with Gasteiger partial charge in [-0.1, -0.05) is 19.4 Å². The highest BCUT2D eigenvalue weighted by atomic mass is 79.9. The Labute approximate surface area is 179 Å². The number of hydrogen-bond donors (Lipinski definition) is 1. The topological polar surface area (TPSA) is 75.2 Å². The van der Waals surface area contributed by atoms with E-state index in [0.717, 1.165) is 40.4 Å². The van der Waals surface area contributed by atoms with Crippen LogP contribution in [0, 0.1) is 5.92 Å². The van der Waals surface area contributed by atoms with E-state index in [1.54, 1.807) is 18.5 Å². The molecule has 3 rings (SSSR count). The Bertz CT molecular complexity index is 972. The number of nitrogens with zero attached hydrogens (tertiary/aromatic N) is 3. The largest absolute Gasteiger partial charge is 0.346 e. The van der Waals surface area contributed by atoms with Crippen LogP contribution in [0.1, 0.15) is 51.0 Å². The zero-order valence-corrected chi connectivity index (χ0v) is 18.9. The van der Waals surface area contributed by atoms with E-state index in [0.29, 0.717) is 17.8 Å². The number of hydrogen-bond acceptors (Lipinski definition) is 4. The van der Waals surface area contributed by atoms with Gasteiger partial charge in [0.05, 0.1) is 9.99 Å². The first-order valence-electron chi connectivity index (χ1n) is 9.98. The van der Waals surface area contributed by atoms with E-state index >= 15 is 0 Å². The Balaban J connectivity index is 1.75. The van der Waals surface area contributed by atoms with Crippen LogP contribution < -0.4 is 5.32 Å². The second-order valence-corrected chi connectivity index (χ2v) is 8.60. The zero-order chi connectivity index (χ0) is 21.1. The van der Waals surface area contributed by atoms with E-state index in [4.69, 9.17) is 0 Å². The van der Waals surface area contributed by atoms with E-state index in [1.165, 1.54) is 0 Å². The number of carbonyl (C=O) groups is 2. The van der Waals surface area contributed by atoms with Crippen molar-refractivity contribution in [2.24, 2.45) is 5.92 Å². The molecule has 6 nitrogen and oxygen atoms in total. The van der Waals surface area contributed by atoms with Crippen LogP contribution in [0.4, 0.5) is 0 Å². The lowest BCUT2D eigenvalue weighted by molar-refractivity contribution is -0.129. The first-order chi connectivity index (χ1) is 13.8. The molecule has 7 heteroatoms. The maximum atomic E-state index is 12.9. The number of pyridine rings is 2. The van der Waals surface area contributed by atoms with Gasteiger partial charge in [0.1, 0.15) is 5.69 Å². The van der Waals surface area contributed by atoms with Crippen molar-refractivity contribution >= 4 is 38.6 Å². The molecule has 29 heavy (non-hydrogen) atoms. The lowest BCUT2D eigenvalue weighted by atomic mass is 9.92. The molecule has 1 fully saturated rings. The Kier molecular flexibility index (Phi) is 6.67. The molecule has 1 saturated heterocycles. The summed E-state index contributed by atoms with van der Waals surface area (Å²) in [6, 6.07) is 3.45. The number of halogens is 1. The van der Waals surface area contributed by atoms with Crippen LogP contribution in [0.15, 0.2) is 40.1 Å². The molecule has 3 heterocycles. The molecule has 2 aromatic rings. The molecule has 1 aliphatic rings. The predicted octanol–water partition coefficient (Wildman–Crippen LogP) is 4.11. The highest BCUT2D eigenvalue weighted by Gasteiger charge is 2.31. The van der Waals surface area contributed by atoms with Crippen LogP contribution in [-0.2, 0) is 4.79 Å². The molecule has 0 aliphatic carbocycles. The number of likely N-dealkylation sites (tertiary alicyclic amines) is 1. The summed E-state index contributed by atoms with van der Waals surface area (Å²) in [7, 11) is 0. The summed E-state index contributed by atoms with van der Waals surface area (Å²) in [5, 5.41) is 3.96. The Morgan fingerprint density at radius 2 is 2.03 bits per heavy atom. The average molecular weight is 459 g/mol. The SMILES string of the molecule is CC/C(C)=C(\C)C(=O)N1CCC(C)C(NC(=O)c2ccc3cncc(Br)c3n2)C1. The van der Waals surface area contributed by atoms with E-state index in [-0.39, 0.29) is 23.8 Å². The van der Waals surface area contributed by atoms with Crippen molar-refractivity contribution in [1.82, 2.24) is 20.2 Å². The summed E-state index contributed by atoms with van der Waals surface area (Å²) in [5.74, 6) is 0.130. The number of rotatable bonds is 4. The molecular formula is C22H27BrN4O2. The smallest absolute Gasteiger partial charge is 0.270 e. The van der Waals surface area contributed by atoms with Gasteiger partial charge in [0.15, 0.2) is 0 Å². The van der Waals surface area contributed by atoms with Gasteiger partial charge in [-0.3, -0.25) is 14.6 Å². The van der Waals surface area contributed by atoms with Crippen LogP contribution in [-0.4, -0.2) is 45.8 Å². The van der Waals surface area contributed by atoms with Crippen LogP contribution in [0.3, 0.4) is 0 Å². The molecule has 2 unspecified atom stereocenters. The van der Waals surface area contributed by atoms with Crippen molar-refractivity contribution in [3.63, 3.8) is 0 Å². The van der Waals surface area contributed by atoms with E-state index in [2.05, 4.69) is 45.1 Å². The molecule has 1 aliphatic heterocycles. The summed E-state index contributed by atoms with van der Waals surface area (Å²) >= 11 is 3.44. The molecule has 0 spiro atoms. The number of amides is 2. The quantitative estimate of drug-likeness (QED) is 0.699. The minimum Gasteiger partial charge on any atom is -0.346 e. The van der Waals surface area contributed by atoms with Crippen LogP contribution >= 0.6 is 15.9 Å². The fraction of sp³-hybridized carbons (Fsp3) is 0.455. The third kappa shape index (κ3) is 4.66. The van der Waals surface area contributed by atoms with Crippen LogP contribution in [0.5, 0.6) is 0 Å². The number of carbonyl (C=O) groups excluding carboxylic acids is 2. The third-order valence-electron chi connectivity index (χ3n) is 5.84. The standard InChI is InChI=1S/C22H27BrN4O2/c1-5-13(2)15(4)22(29)27-9-8-14(3)19(12-27)26-21(28)18-7-6-16-10-24-11-17(23)20(16)25-18/h6-7,10-11,14,19H,5,8-9,12H2,1-4H3,(H,26,28)/b15-13+. The van der Waals surface area contributed by atoms with Crippen molar-refractivity contribution < 1.29 is 9.59 Å². The predicted molar refractivity (Wildman–Crippen MR) is 118 cm³/mol. The maximum Gasteiger partial charge on any atom is 0.270 e. The summed E-state index contributed by atoms with van der Waals surface area (Å²) in [6.07, 6.45) is 5.10. The molecule has 2 atom stereocenters. The molecular weight excluding hydrogens is 432 g/mol. The lowest BCUT2D eigenvalue weighted by Crippen LogP contribution is -2.53. The van der Waals surface area contributed by atoms with Crippen molar-refractivity contribution in [2.45, 2.75) is 46.6 Å². The molecule has 2 amide bonds. The van der Waals surface area contributed by atoms with Gasteiger partial charge in [-0.15, -0.1) is 0 Å². The number of piperidine rings is 1. The number of nitrogens with one attached hydrogen (secondary N) is 1. The summed E-state index contributed by atoms with van der Waals surface area (Å²) in [5.41, 5.74) is 2.98. The van der Waals surface area contributed by atoms with Crippen molar-refractivity contribution in [1.29, 1.82) is 0 Å². The summed E-state index contributed by atoms with van der Waals surface area (Å²) in [4.78, 5) is 36.2. The number of aromatic nitrogens is 2. The van der Waals surface area contributed by atoms with E-state index < -0.39 is 0 Å². The third-order valence-corrected chi connectivity index (χ3v) is 6.42. The first-order valence-corrected chi connectivity index (χ1v) is 10.8. The fourth-order valence-electron chi connectivity index (χ4n) is 3.50. The Morgan fingerprint density at radius 3 is 2.76 bits per heavy atom. The van der Waals surface area contributed by atoms with Crippen LogP contribution in [0.25, 0.3) is 10.9 Å². The highest BCUT2D eigenvalue weighted by molar-refractivity contribution is 9.10. The van der Waals surface area contributed by atoms with Crippen molar-refractivity contribution in [3.8, 4) is 0 Å². The molecule has 0 aromatic carbocycles. The molecule has 0 radical (unpaired) electrons. The monoisotopic (exact) mass is 458 g/mol. The average Bonchev–Trinajstić information content (AvgIpc) is 2.73. The van der Waals surface area contributed by atoms with Crippen molar-refractivity contribution in [2.75, 3.05) is 13.1 Å². The summed E-state index contributed by atoms with van der Waals surface area (Å²) in [6.45, 7) is 9.29. The number of fused-ring (bicyclic) bond motifs is 1. The Morgan fingerprint density at radius 1 is 1.28 bits per heavy atom. The highest BCUT2D eigenvalue weighted by Crippen LogP contribution is 2.22. The number of allylic oxidation sites excluding steroid dienone is 1.